The lowest BCUT2D eigenvalue weighted by atomic mass is 10.2. The molecule has 0 N–H and O–H groups in total. The first-order chi connectivity index (χ1) is 9.33. The van der Waals surface area contributed by atoms with Crippen LogP contribution in [0.15, 0.2) is 16.7 Å². The van der Waals surface area contributed by atoms with Crippen LogP contribution in [0.4, 0.5) is 0 Å². The molecular formula is C12H16N4O2S. The van der Waals surface area contributed by atoms with Crippen LogP contribution in [-0.4, -0.2) is 45.8 Å². The smallest absolute Gasteiger partial charge is 0.235 e. The Hall–Kier alpha value is -1.31. The Bertz CT molecular complexity index is 514. The van der Waals surface area contributed by atoms with Crippen molar-refractivity contribution in [3.63, 3.8) is 0 Å². The lowest BCUT2D eigenvalue weighted by Crippen LogP contribution is -2.40. The number of aryl methyl sites for hydroxylation is 1. The molecule has 1 saturated heterocycles. The summed E-state index contributed by atoms with van der Waals surface area (Å²) in [5.41, 5.74) is 0. The van der Waals surface area contributed by atoms with E-state index in [9.17, 15) is 0 Å². The summed E-state index contributed by atoms with van der Waals surface area (Å²) in [4.78, 5) is 3.64. The van der Waals surface area contributed by atoms with Gasteiger partial charge in [0.05, 0.1) is 13.2 Å². The molecule has 6 nitrogen and oxygen atoms in total. The molecule has 3 rings (SSSR count). The third-order valence-electron chi connectivity index (χ3n) is 3.20. The molecule has 3 heterocycles. The predicted molar refractivity (Wildman–Crippen MR) is 70.0 cm³/mol. The number of hydrogen-bond donors (Lipinski definition) is 0. The van der Waals surface area contributed by atoms with Crippen LogP contribution >= 0.6 is 11.5 Å². The van der Waals surface area contributed by atoms with Crippen LogP contribution in [0.3, 0.4) is 0 Å². The molecule has 2 aromatic rings. The Labute approximate surface area is 115 Å². The Kier molecular flexibility index (Phi) is 3.86. The minimum Gasteiger partial charge on any atom is -0.424 e. The van der Waals surface area contributed by atoms with Crippen molar-refractivity contribution in [1.29, 1.82) is 0 Å². The van der Waals surface area contributed by atoms with Crippen molar-refractivity contribution < 1.29 is 9.15 Å². The molecule has 0 saturated carbocycles. The molecule has 1 atom stereocenters. The highest BCUT2D eigenvalue weighted by molar-refractivity contribution is 7.05. The zero-order valence-corrected chi connectivity index (χ0v) is 11.6. The van der Waals surface area contributed by atoms with Crippen LogP contribution in [0, 0.1) is 6.92 Å². The molecule has 0 bridgehead atoms. The van der Waals surface area contributed by atoms with Crippen LogP contribution in [0.5, 0.6) is 0 Å². The first-order valence-corrected chi connectivity index (χ1v) is 7.11. The van der Waals surface area contributed by atoms with Gasteiger partial charge in [0, 0.05) is 31.1 Å². The fraction of sp³-hybridized carbons (Fsp3) is 0.583. The third kappa shape index (κ3) is 2.99. The SMILES string of the molecule is Cc1nnc(C2COCCN2CCc2ccns2)o1. The molecule has 1 aliphatic heterocycles. The van der Waals surface area contributed by atoms with Crippen LogP contribution in [0.1, 0.15) is 22.7 Å². The number of rotatable bonds is 4. The number of nitrogens with zero attached hydrogens (tertiary/aromatic N) is 4. The largest absolute Gasteiger partial charge is 0.424 e. The number of hydrogen-bond acceptors (Lipinski definition) is 7. The molecule has 19 heavy (non-hydrogen) atoms. The van der Waals surface area contributed by atoms with E-state index in [1.54, 1.807) is 11.5 Å². The Morgan fingerprint density at radius 3 is 3.16 bits per heavy atom. The second kappa shape index (κ2) is 5.77. The molecule has 102 valence electrons. The maximum atomic E-state index is 5.54. The highest BCUT2D eigenvalue weighted by atomic mass is 32.1. The van der Waals surface area contributed by atoms with Gasteiger partial charge < -0.3 is 9.15 Å². The molecule has 0 spiro atoms. The minimum atomic E-state index is 0.0721. The molecule has 1 unspecified atom stereocenters. The Balaban J connectivity index is 1.67. The molecule has 0 amide bonds. The van der Waals surface area contributed by atoms with E-state index < -0.39 is 0 Å². The van der Waals surface area contributed by atoms with Crippen LogP contribution < -0.4 is 0 Å². The number of aromatic nitrogens is 3. The van der Waals surface area contributed by atoms with Crippen molar-refractivity contribution in [1.82, 2.24) is 19.5 Å². The minimum absolute atomic E-state index is 0.0721. The normalized spacial score (nSPS) is 20.8. The Morgan fingerprint density at radius 1 is 1.47 bits per heavy atom. The average molecular weight is 280 g/mol. The second-order valence-electron chi connectivity index (χ2n) is 4.51. The van der Waals surface area contributed by atoms with Crippen molar-refractivity contribution in [2.75, 3.05) is 26.3 Å². The van der Waals surface area contributed by atoms with Gasteiger partial charge in [-0.2, -0.15) is 0 Å². The molecular weight excluding hydrogens is 264 g/mol. The molecule has 0 radical (unpaired) electrons. The van der Waals surface area contributed by atoms with Gasteiger partial charge in [-0.25, -0.2) is 4.37 Å². The lowest BCUT2D eigenvalue weighted by Gasteiger charge is -2.33. The van der Waals surface area contributed by atoms with Crippen LogP contribution in [-0.2, 0) is 11.2 Å². The van der Waals surface area contributed by atoms with Gasteiger partial charge in [0.2, 0.25) is 11.8 Å². The monoisotopic (exact) mass is 280 g/mol. The van der Waals surface area contributed by atoms with E-state index >= 15 is 0 Å². The molecule has 0 aliphatic carbocycles. The predicted octanol–water partition coefficient (Wildman–Crippen LogP) is 1.45. The standard InChI is InChI=1S/C12H16N4O2S/c1-9-14-15-12(18-9)11-8-17-7-6-16(11)5-3-10-2-4-13-19-10/h2,4,11H,3,5-8H2,1H3. The van der Waals surface area contributed by atoms with E-state index in [1.807, 2.05) is 13.1 Å². The summed E-state index contributed by atoms with van der Waals surface area (Å²) in [7, 11) is 0. The summed E-state index contributed by atoms with van der Waals surface area (Å²) in [5.74, 6) is 1.25. The van der Waals surface area contributed by atoms with Crippen molar-refractivity contribution in [2.24, 2.45) is 0 Å². The summed E-state index contributed by atoms with van der Waals surface area (Å²) in [6.45, 7) is 5.03. The number of morpholine rings is 1. The average Bonchev–Trinajstić information content (AvgIpc) is 3.08. The van der Waals surface area contributed by atoms with E-state index in [-0.39, 0.29) is 6.04 Å². The van der Waals surface area contributed by atoms with Crippen molar-refractivity contribution in [3.05, 3.63) is 28.9 Å². The summed E-state index contributed by atoms with van der Waals surface area (Å²) < 4.78 is 15.2. The first-order valence-electron chi connectivity index (χ1n) is 6.34. The van der Waals surface area contributed by atoms with Gasteiger partial charge in [-0.05, 0) is 24.0 Å². The lowest BCUT2D eigenvalue weighted by molar-refractivity contribution is -0.0176. The van der Waals surface area contributed by atoms with Crippen molar-refractivity contribution >= 4 is 11.5 Å². The van der Waals surface area contributed by atoms with Crippen LogP contribution in [0.2, 0.25) is 0 Å². The number of ether oxygens (including phenoxy) is 1. The highest BCUT2D eigenvalue weighted by Gasteiger charge is 2.28. The van der Waals surface area contributed by atoms with Crippen molar-refractivity contribution in [2.45, 2.75) is 19.4 Å². The molecule has 2 aromatic heterocycles. The van der Waals surface area contributed by atoms with Gasteiger partial charge in [0.25, 0.3) is 0 Å². The first kappa shape index (κ1) is 12.7. The molecule has 1 fully saturated rings. The van der Waals surface area contributed by atoms with Gasteiger partial charge in [0.15, 0.2) is 0 Å². The second-order valence-corrected chi connectivity index (χ2v) is 5.43. The van der Waals surface area contributed by atoms with Gasteiger partial charge in [-0.3, -0.25) is 4.90 Å². The fourth-order valence-corrected chi connectivity index (χ4v) is 2.77. The third-order valence-corrected chi connectivity index (χ3v) is 4.00. The fourth-order valence-electron chi connectivity index (χ4n) is 2.20. The highest BCUT2D eigenvalue weighted by Crippen LogP contribution is 2.23. The Morgan fingerprint density at radius 2 is 2.42 bits per heavy atom. The summed E-state index contributed by atoms with van der Waals surface area (Å²) in [5, 5.41) is 8.02. The van der Waals surface area contributed by atoms with E-state index in [1.165, 1.54) is 4.88 Å². The maximum absolute atomic E-state index is 5.54. The summed E-state index contributed by atoms with van der Waals surface area (Å²) in [6.07, 6.45) is 2.84. The van der Waals surface area contributed by atoms with Crippen LogP contribution in [0.25, 0.3) is 0 Å². The summed E-state index contributed by atoms with van der Waals surface area (Å²) >= 11 is 1.55. The van der Waals surface area contributed by atoms with E-state index in [2.05, 4.69) is 25.5 Å². The van der Waals surface area contributed by atoms with Gasteiger partial charge in [-0.15, -0.1) is 10.2 Å². The van der Waals surface area contributed by atoms with Gasteiger partial charge >= 0.3 is 0 Å². The quantitative estimate of drug-likeness (QED) is 0.844. The maximum Gasteiger partial charge on any atom is 0.235 e. The van der Waals surface area contributed by atoms with Crippen molar-refractivity contribution in [3.8, 4) is 0 Å². The van der Waals surface area contributed by atoms with Gasteiger partial charge in [-0.1, -0.05) is 0 Å². The zero-order chi connectivity index (χ0) is 13.1. The molecule has 7 heteroatoms. The molecule has 0 aromatic carbocycles. The summed E-state index contributed by atoms with van der Waals surface area (Å²) in [6, 6.07) is 2.14. The molecule has 1 aliphatic rings. The van der Waals surface area contributed by atoms with E-state index in [0.717, 1.165) is 26.1 Å². The van der Waals surface area contributed by atoms with Gasteiger partial charge in [0.1, 0.15) is 6.04 Å². The van der Waals surface area contributed by atoms with E-state index in [4.69, 9.17) is 9.15 Å². The topological polar surface area (TPSA) is 64.3 Å². The van der Waals surface area contributed by atoms with E-state index in [0.29, 0.717) is 18.4 Å². The zero-order valence-electron chi connectivity index (χ0n) is 10.8.